The third-order valence-corrected chi connectivity index (χ3v) is 4.43. The number of rotatable bonds is 1. The van der Waals surface area contributed by atoms with Crippen LogP contribution in [0, 0.1) is 11.7 Å². The molecule has 1 N–H and O–H groups in total. The van der Waals surface area contributed by atoms with E-state index in [1.807, 2.05) is 0 Å². The van der Waals surface area contributed by atoms with Gasteiger partial charge in [0, 0.05) is 19.1 Å². The Kier molecular flexibility index (Phi) is 4.89. The van der Waals surface area contributed by atoms with Gasteiger partial charge in [-0.1, -0.05) is 17.7 Å². The summed E-state index contributed by atoms with van der Waals surface area (Å²) >= 11 is 5.96. The van der Waals surface area contributed by atoms with Crippen LogP contribution in [0.5, 0.6) is 0 Å². The molecule has 20 heavy (non-hydrogen) atoms. The molecule has 3 rings (SSSR count). The minimum absolute atomic E-state index is 0. The first kappa shape index (κ1) is 15.5. The van der Waals surface area contributed by atoms with Crippen molar-refractivity contribution in [3.63, 3.8) is 0 Å². The minimum Gasteiger partial charge on any atom is -0.338 e. The van der Waals surface area contributed by atoms with E-state index in [2.05, 4.69) is 5.32 Å². The van der Waals surface area contributed by atoms with E-state index in [9.17, 15) is 9.18 Å². The summed E-state index contributed by atoms with van der Waals surface area (Å²) in [5.41, 5.74) is 0.00794. The molecule has 0 saturated carbocycles. The number of benzene rings is 1. The van der Waals surface area contributed by atoms with Crippen LogP contribution in [0.15, 0.2) is 18.2 Å². The van der Waals surface area contributed by atoms with Gasteiger partial charge in [-0.05, 0) is 37.4 Å². The SMILES string of the molecule is Cl.O=C(c1c(F)cccc1Cl)N1CCC2NCCC2C1. The highest BCUT2D eigenvalue weighted by Crippen LogP contribution is 2.27. The molecule has 0 aliphatic carbocycles. The Bertz CT molecular complexity index is 492. The molecule has 0 bridgehead atoms. The van der Waals surface area contributed by atoms with E-state index >= 15 is 0 Å². The number of amides is 1. The molecule has 6 heteroatoms. The zero-order chi connectivity index (χ0) is 13.4. The maximum absolute atomic E-state index is 13.8. The van der Waals surface area contributed by atoms with Gasteiger partial charge in [0.15, 0.2) is 0 Å². The molecule has 0 spiro atoms. The molecule has 0 radical (unpaired) electrons. The standard InChI is InChI=1S/C14H16ClFN2O.ClH/c15-10-2-1-3-11(16)13(10)14(19)18-7-5-12-9(8-18)4-6-17-12;/h1-3,9,12,17H,4-8H2;1H. The summed E-state index contributed by atoms with van der Waals surface area (Å²) in [6.07, 6.45) is 2.02. The Morgan fingerprint density at radius 1 is 1.40 bits per heavy atom. The normalized spacial score (nSPS) is 25.0. The molecule has 2 unspecified atom stereocenters. The van der Waals surface area contributed by atoms with E-state index in [1.165, 1.54) is 12.1 Å². The molecule has 110 valence electrons. The summed E-state index contributed by atoms with van der Waals surface area (Å²) in [6, 6.07) is 4.87. The molecule has 2 heterocycles. The first-order valence-corrected chi connectivity index (χ1v) is 7.01. The van der Waals surface area contributed by atoms with Crippen LogP contribution in [0.25, 0.3) is 0 Å². The average molecular weight is 319 g/mol. The summed E-state index contributed by atoms with van der Waals surface area (Å²) in [5, 5.41) is 3.63. The number of likely N-dealkylation sites (tertiary alicyclic amines) is 1. The zero-order valence-corrected chi connectivity index (χ0v) is 12.5. The van der Waals surface area contributed by atoms with Crippen molar-refractivity contribution < 1.29 is 9.18 Å². The van der Waals surface area contributed by atoms with Gasteiger partial charge in [-0.3, -0.25) is 4.79 Å². The highest BCUT2D eigenvalue weighted by molar-refractivity contribution is 6.33. The van der Waals surface area contributed by atoms with Gasteiger partial charge in [-0.25, -0.2) is 4.39 Å². The van der Waals surface area contributed by atoms with Crippen molar-refractivity contribution in [1.29, 1.82) is 0 Å². The fraction of sp³-hybridized carbons (Fsp3) is 0.500. The maximum Gasteiger partial charge on any atom is 0.258 e. The molecule has 2 fully saturated rings. The highest BCUT2D eigenvalue weighted by atomic mass is 35.5. The second-order valence-corrected chi connectivity index (χ2v) is 5.65. The number of piperidine rings is 1. The van der Waals surface area contributed by atoms with Crippen molar-refractivity contribution in [2.24, 2.45) is 5.92 Å². The molecular weight excluding hydrogens is 302 g/mol. The van der Waals surface area contributed by atoms with Crippen LogP contribution in [0.3, 0.4) is 0 Å². The molecule has 0 aromatic heterocycles. The third kappa shape index (κ3) is 2.78. The van der Waals surface area contributed by atoms with Crippen molar-refractivity contribution in [3.05, 3.63) is 34.6 Å². The number of fused-ring (bicyclic) bond motifs is 1. The Morgan fingerprint density at radius 2 is 2.20 bits per heavy atom. The molecule has 1 amide bonds. The topological polar surface area (TPSA) is 32.3 Å². The predicted octanol–water partition coefficient (Wildman–Crippen LogP) is 2.72. The van der Waals surface area contributed by atoms with E-state index in [0.29, 0.717) is 25.0 Å². The first-order valence-electron chi connectivity index (χ1n) is 6.63. The van der Waals surface area contributed by atoms with E-state index in [4.69, 9.17) is 11.6 Å². The van der Waals surface area contributed by atoms with Crippen LogP contribution in [0.4, 0.5) is 4.39 Å². The number of carbonyl (C=O) groups excluding carboxylic acids is 1. The largest absolute Gasteiger partial charge is 0.338 e. The summed E-state index contributed by atoms with van der Waals surface area (Å²) in [7, 11) is 0. The first-order chi connectivity index (χ1) is 9.16. The number of nitrogens with one attached hydrogen (secondary N) is 1. The van der Waals surface area contributed by atoms with Crippen molar-refractivity contribution in [2.75, 3.05) is 19.6 Å². The number of hydrogen-bond acceptors (Lipinski definition) is 2. The number of carbonyl (C=O) groups is 1. The highest BCUT2D eigenvalue weighted by Gasteiger charge is 2.35. The average Bonchev–Trinajstić information content (AvgIpc) is 2.85. The van der Waals surface area contributed by atoms with Crippen LogP contribution in [0.2, 0.25) is 5.02 Å². The zero-order valence-electron chi connectivity index (χ0n) is 10.9. The molecule has 1 aromatic rings. The van der Waals surface area contributed by atoms with E-state index in [1.54, 1.807) is 11.0 Å². The van der Waals surface area contributed by atoms with Crippen LogP contribution in [-0.4, -0.2) is 36.5 Å². The van der Waals surface area contributed by atoms with Gasteiger partial charge in [0.05, 0.1) is 10.6 Å². The van der Waals surface area contributed by atoms with Crippen molar-refractivity contribution in [3.8, 4) is 0 Å². The fourth-order valence-corrected chi connectivity index (χ4v) is 3.34. The van der Waals surface area contributed by atoms with Crippen LogP contribution < -0.4 is 5.32 Å². The number of halogens is 3. The lowest BCUT2D eigenvalue weighted by Gasteiger charge is -2.35. The Labute approximate surface area is 128 Å². The van der Waals surface area contributed by atoms with Crippen LogP contribution in [0.1, 0.15) is 23.2 Å². The summed E-state index contributed by atoms with van der Waals surface area (Å²) in [6.45, 7) is 2.37. The van der Waals surface area contributed by atoms with Gasteiger partial charge in [-0.2, -0.15) is 0 Å². The van der Waals surface area contributed by atoms with E-state index in [-0.39, 0.29) is 28.9 Å². The Balaban J connectivity index is 0.00000147. The fourth-order valence-electron chi connectivity index (χ4n) is 3.09. The van der Waals surface area contributed by atoms with Gasteiger partial charge in [0.2, 0.25) is 0 Å². The van der Waals surface area contributed by atoms with Crippen LogP contribution >= 0.6 is 24.0 Å². The van der Waals surface area contributed by atoms with Crippen molar-refractivity contribution in [1.82, 2.24) is 10.2 Å². The smallest absolute Gasteiger partial charge is 0.258 e. The number of hydrogen-bond donors (Lipinski definition) is 1. The molecule has 2 aliphatic rings. The molecule has 3 nitrogen and oxygen atoms in total. The van der Waals surface area contributed by atoms with Crippen molar-refractivity contribution in [2.45, 2.75) is 18.9 Å². The molecule has 2 aliphatic heterocycles. The lowest BCUT2D eigenvalue weighted by Crippen LogP contribution is -2.47. The molecular formula is C14H17Cl2FN2O. The molecule has 2 saturated heterocycles. The Morgan fingerprint density at radius 3 is 2.95 bits per heavy atom. The monoisotopic (exact) mass is 318 g/mol. The van der Waals surface area contributed by atoms with E-state index < -0.39 is 5.82 Å². The van der Waals surface area contributed by atoms with Gasteiger partial charge < -0.3 is 10.2 Å². The predicted molar refractivity (Wildman–Crippen MR) is 79.1 cm³/mol. The summed E-state index contributed by atoms with van der Waals surface area (Å²) in [4.78, 5) is 14.1. The maximum atomic E-state index is 13.8. The molecule has 1 aromatic carbocycles. The van der Waals surface area contributed by atoms with Gasteiger partial charge in [0.1, 0.15) is 5.82 Å². The molecule has 2 atom stereocenters. The quantitative estimate of drug-likeness (QED) is 0.863. The third-order valence-electron chi connectivity index (χ3n) is 4.12. The summed E-state index contributed by atoms with van der Waals surface area (Å²) in [5.74, 6) is -0.333. The van der Waals surface area contributed by atoms with Gasteiger partial charge in [-0.15, -0.1) is 12.4 Å². The van der Waals surface area contributed by atoms with Crippen molar-refractivity contribution >= 4 is 29.9 Å². The number of nitrogens with zero attached hydrogens (tertiary/aromatic N) is 1. The lowest BCUT2D eigenvalue weighted by molar-refractivity contribution is 0.0657. The van der Waals surface area contributed by atoms with Crippen LogP contribution in [-0.2, 0) is 0 Å². The minimum atomic E-state index is -0.538. The summed E-state index contributed by atoms with van der Waals surface area (Å²) < 4.78 is 13.8. The van der Waals surface area contributed by atoms with Gasteiger partial charge in [0.25, 0.3) is 5.91 Å². The van der Waals surface area contributed by atoms with E-state index in [0.717, 1.165) is 19.4 Å². The Hall–Kier alpha value is -0.840. The lowest BCUT2D eigenvalue weighted by atomic mass is 9.93. The van der Waals surface area contributed by atoms with Gasteiger partial charge >= 0.3 is 0 Å². The second kappa shape index (κ2) is 6.29. The second-order valence-electron chi connectivity index (χ2n) is 5.25.